The van der Waals surface area contributed by atoms with Gasteiger partial charge in [0.2, 0.25) is 5.91 Å². The van der Waals surface area contributed by atoms with Crippen molar-refractivity contribution in [3.8, 4) is 0 Å². The molecular formula is C12H16N2O. The lowest BCUT2D eigenvalue weighted by Crippen LogP contribution is -2.23. The molecular weight excluding hydrogens is 188 g/mol. The summed E-state index contributed by atoms with van der Waals surface area (Å²) >= 11 is 0. The number of hydrogen-bond donors (Lipinski definition) is 2. The minimum atomic E-state index is -0.521. The zero-order chi connectivity index (χ0) is 11.6. The maximum Gasteiger partial charge on any atom is 0.248 e. The zero-order valence-electron chi connectivity index (χ0n) is 9.08. The van der Waals surface area contributed by atoms with E-state index < -0.39 is 5.91 Å². The normalized spacial score (nSPS) is 23.4. The SMILES string of the molecule is C=C(/C=C1/C=C(C)C(C)=CC1N)C(N)=O. The molecule has 3 heteroatoms. The Morgan fingerprint density at radius 3 is 2.60 bits per heavy atom. The van der Waals surface area contributed by atoms with Crippen LogP contribution in [-0.4, -0.2) is 11.9 Å². The Morgan fingerprint density at radius 2 is 2.07 bits per heavy atom. The van der Waals surface area contributed by atoms with Gasteiger partial charge >= 0.3 is 0 Å². The van der Waals surface area contributed by atoms with Crippen molar-refractivity contribution in [1.29, 1.82) is 0 Å². The molecule has 0 aromatic carbocycles. The number of carbonyl (C=O) groups excluding carboxylic acids is 1. The van der Waals surface area contributed by atoms with E-state index in [0.717, 1.165) is 16.7 Å². The molecule has 4 N–H and O–H groups in total. The summed E-state index contributed by atoms with van der Waals surface area (Å²) in [6.07, 6.45) is 5.54. The van der Waals surface area contributed by atoms with Crippen molar-refractivity contribution in [3.05, 3.63) is 47.1 Å². The minimum absolute atomic E-state index is 0.190. The van der Waals surface area contributed by atoms with E-state index in [0.29, 0.717) is 0 Å². The summed E-state index contributed by atoms with van der Waals surface area (Å²) in [7, 11) is 0. The van der Waals surface area contributed by atoms with Gasteiger partial charge in [-0.2, -0.15) is 0 Å². The topological polar surface area (TPSA) is 69.1 Å². The fraction of sp³-hybridized carbons (Fsp3) is 0.250. The maximum atomic E-state index is 10.8. The predicted octanol–water partition coefficient (Wildman–Crippen LogP) is 1.19. The molecule has 0 spiro atoms. The van der Waals surface area contributed by atoms with Gasteiger partial charge in [-0.25, -0.2) is 0 Å². The van der Waals surface area contributed by atoms with Gasteiger partial charge in [-0.05, 0) is 31.1 Å². The van der Waals surface area contributed by atoms with Crippen LogP contribution in [0.15, 0.2) is 47.1 Å². The molecule has 0 bridgehead atoms. The highest BCUT2D eigenvalue weighted by Crippen LogP contribution is 2.21. The van der Waals surface area contributed by atoms with Crippen LogP contribution < -0.4 is 11.5 Å². The summed E-state index contributed by atoms with van der Waals surface area (Å²) in [5.41, 5.74) is 14.4. The minimum Gasteiger partial charge on any atom is -0.366 e. The van der Waals surface area contributed by atoms with Gasteiger partial charge in [0.05, 0.1) is 0 Å². The number of carbonyl (C=O) groups is 1. The van der Waals surface area contributed by atoms with Crippen molar-refractivity contribution < 1.29 is 4.79 Å². The van der Waals surface area contributed by atoms with Crippen LogP contribution in [-0.2, 0) is 4.79 Å². The van der Waals surface area contributed by atoms with Crippen LogP contribution in [0.5, 0.6) is 0 Å². The summed E-state index contributed by atoms with van der Waals surface area (Å²) in [4.78, 5) is 10.8. The van der Waals surface area contributed by atoms with Crippen molar-refractivity contribution in [2.24, 2.45) is 11.5 Å². The average molecular weight is 204 g/mol. The first-order valence-electron chi connectivity index (χ1n) is 4.75. The number of nitrogens with two attached hydrogens (primary N) is 2. The largest absolute Gasteiger partial charge is 0.366 e. The summed E-state index contributed by atoms with van der Waals surface area (Å²) < 4.78 is 0. The maximum absolute atomic E-state index is 10.8. The summed E-state index contributed by atoms with van der Waals surface area (Å²) in [5.74, 6) is -0.521. The molecule has 0 aromatic heterocycles. The number of hydrogen-bond acceptors (Lipinski definition) is 2. The molecule has 0 fully saturated rings. The first-order valence-corrected chi connectivity index (χ1v) is 4.75. The Kier molecular flexibility index (Phi) is 3.27. The van der Waals surface area contributed by atoms with E-state index in [1.165, 1.54) is 0 Å². The highest BCUT2D eigenvalue weighted by Gasteiger charge is 2.12. The third kappa shape index (κ3) is 2.67. The van der Waals surface area contributed by atoms with Crippen molar-refractivity contribution in [3.63, 3.8) is 0 Å². The number of amides is 1. The van der Waals surface area contributed by atoms with Crippen LogP contribution in [0.3, 0.4) is 0 Å². The van der Waals surface area contributed by atoms with E-state index in [2.05, 4.69) is 6.58 Å². The van der Waals surface area contributed by atoms with Crippen molar-refractivity contribution in [1.82, 2.24) is 0 Å². The molecule has 0 radical (unpaired) electrons. The first-order chi connectivity index (χ1) is 6.91. The molecule has 0 aliphatic heterocycles. The van der Waals surface area contributed by atoms with Crippen LogP contribution in [0.4, 0.5) is 0 Å². The molecule has 80 valence electrons. The third-order valence-electron chi connectivity index (χ3n) is 2.48. The highest BCUT2D eigenvalue weighted by molar-refractivity contribution is 5.94. The molecule has 1 aliphatic rings. The van der Waals surface area contributed by atoms with Gasteiger partial charge in [0.15, 0.2) is 0 Å². The number of rotatable bonds is 2. The molecule has 0 aromatic rings. The number of primary amides is 1. The highest BCUT2D eigenvalue weighted by atomic mass is 16.1. The van der Waals surface area contributed by atoms with Crippen molar-refractivity contribution in [2.45, 2.75) is 19.9 Å². The smallest absolute Gasteiger partial charge is 0.248 e. The van der Waals surface area contributed by atoms with Crippen molar-refractivity contribution >= 4 is 5.91 Å². The quantitative estimate of drug-likeness (QED) is 0.663. The fourth-order valence-corrected chi connectivity index (χ4v) is 1.37. The molecule has 1 aliphatic carbocycles. The Labute approximate surface area is 89.8 Å². The molecule has 1 unspecified atom stereocenters. The lowest BCUT2D eigenvalue weighted by molar-refractivity contribution is -0.114. The Morgan fingerprint density at radius 1 is 1.47 bits per heavy atom. The lowest BCUT2D eigenvalue weighted by atomic mass is 9.92. The van der Waals surface area contributed by atoms with Crippen LogP contribution >= 0.6 is 0 Å². The van der Waals surface area contributed by atoms with Gasteiger partial charge in [-0.3, -0.25) is 4.79 Å². The van der Waals surface area contributed by atoms with E-state index in [9.17, 15) is 4.79 Å². The van der Waals surface area contributed by atoms with E-state index in [4.69, 9.17) is 11.5 Å². The summed E-state index contributed by atoms with van der Waals surface area (Å²) in [5, 5.41) is 0. The molecule has 1 atom stereocenters. The molecule has 0 saturated heterocycles. The Balaban J connectivity index is 3.00. The standard InChI is InChI=1S/C12H16N2O/c1-7-4-10(5-9(3)12(14)15)11(13)6-8(7)2/h4-6,11H,3,13H2,1-2H3,(H2,14,15)/b10-5-. The van der Waals surface area contributed by atoms with E-state index in [1.54, 1.807) is 6.08 Å². The van der Waals surface area contributed by atoms with Crippen LogP contribution in [0.25, 0.3) is 0 Å². The summed E-state index contributed by atoms with van der Waals surface area (Å²) in [6.45, 7) is 7.57. The van der Waals surface area contributed by atoms with Crippen LogP contribution in [0, 0.1) is 0 Å². The predicted molar refractivity (Wildman–Crippen MR) is 61.9 cm³/mol. The second-order valence-corrected chi connectivity index (χ2v) is 3.74. The Bertz CT molecular complexity index is 400. The first kappa shape index (κ1) is 11.5. The van der Waals surface area contributed by atoms with Gasteiger partial charge in [-0.15, -0.1) is 0 Å². The lowest BCUT2D eigenvalue weighted by Gasteiger charge is -2.17. The van der Waals surface area contributed by atoms with Gasteiger partial charge < -0.3 is 11.5 Å². The molecule has 15 heavy (non-hydrogen) atoms. The van der Waals surface area contributed by atoms with Crippen molar-refractivity contribution in [2.75, 3.05) is 0 Å². The number of allylic oxidation sites excluding steroid dienone is 2. The third-order valence-corrected chi connectivity index (χ3v) is 2.48. The molecule has 1 rings (SSSR count). The molecule has 3 nitrogen and oxygen atoms in total. The van der Waals surface area contributed by atoms with Crippen LogP contribution in [0.1, 0.15) is 13.8 Å². The second kappa shape index (κ2) is 4.28. The Hall–Kier alpha value is -1.61. The fourth-order valence-electron chi connectivity index (χ4n) is 1.37. The van der Waals surface area contributed by atoms with Gasteiger partial charge in [0, 0.05) is 11.6 Å². The average Bonchev–Trinajstić information content (AvgIpc) is 2.13. The van der Waals surface area contributed by atoms with E-state index >= 15 is 0 Å². The van der Waals surface area contributed by atoms with Crippen LogP contribution in [0.2, 0.25) is 0 Å². The monoisotopic (exact) mass is 204 g/mol. The van der Waals surface area contributed by atoms with Gasteiger partial charge in [-0.1, -0.05) is 24.3 Å². The second-order valence-electron chi connectivity index (χ2n) is 3.74. The molecule has 0 saturated carbocycles. The van der Waals surface area contributed by atoms with Gasteiger partial charge in [0.25, 0.3) is 0 Å². The van der Waals surface area contributed by atoms with E-state index in [1.807, 2.05) is 26.0 Å². The van der Waals surface area contributed by atoms with Gasteiger partial charge in [0.1, 0.15) is 0 Å². The molecule has 1 amide bonds. The summed E-state index contributed by atoms with van der Waals surface area (Å²) in [6, 6.07) is -0.190. The van der Waals surface area contributed by atoms with E-state index in [-0.39, 0.29) is 11.6 Å². The molecule has 0 heterocycles. The zero-order valence-corrected chi connectivity index (χ0v) is 9.08.